The maximum atomic E-state index is 13.3. The fraction of sp³-hybridized carbons (Fsp3) is 0.125. The number of halogens is 1. The van der Waals surface area contributed by atoms with Crippen LogP contribution >= 0.6 is 0 Å². The monoisotopic (exact) mass is 269 g/mol. The summed E-state index contributed by atoms with van der Waals surface area (Å²) in [6.07, 6.45) is 0. The molecule has 0 N–H and O–H groups in total. The van der Waals surface area contributed by atoms with Gasteiger partial charge in [0.05, 0.1) is 16.8 Å². The van der Waals surface area contributed by atoms with Crippen LogP contribution in [0.3, 0.4) is 0 Å². The summed E-state index contributed by atoms with van der Waals surface area (Å²) in [5, 5.41) is 0. The number of carbonyl (C=O) groups is 2. The summed E-state index contributed by atoms with van der Waals surface area (Å²) in [4.78, 5) is 25.8. The van der Waals surface area contributed by atoms with E-state index in [0.29, 0.717) is 11.1 Å². The third-order valence-corrected chi connectivity index (χ3v) is 3.57. The number of carbonyl (C=O) groups excluding carboxylic acids is 2. The minimum Gasteiger partial charge on any atom is -0.268 e. The standard InChI is InChI=1S/C16H12FNO2/c1-9-6-13-14(7-10(9)2)16(20)18(15(13)19)12-5-3-4-11(17)8-12/h3-8H,1-2H3. The zero-order valence-corrected chi connectivity index (χ0v) is 11.1. The molecule has 100 valence electrons. The van der Waals surface area contributed by atoms with Crippen molar-refractivity contribution in [2.45, 2.75) is 13.8 Å². The van der Waals surface area contributed by atoms with Gasteiger partial charge in [-0.15, -0.1) is 0 Å². The molecule has 0 bridgehead atoms. The molecule has 4 heteroatoms. The van der Waals surface area contributed by atoms with Crippen molar-refractivity contribution in [3.8, 4) is 0 Å². The number of aryl methyl sites for hydroxylation is 2. The Labute approximate surface area is 115 Å². The third-order valence-electron chi connectivity index (χ3n) is 3.57. The largest absolute Gasteiger partial charge is 0.268 e. The molecule has 3 nitrogen and oxygen atoms in total. The molecule has 20 heavy (non-hydrogen) atoms. The van der Waals surface area contributed by atoms with Crippen LogP contribution in [-0.2, 0) is 0 Å². The van der Waals surface area contributed by atoms with Gasteiger partial charge < -0.3 is 0 Å². The predicted octanol–water partition coefficient (Wildman–Crippen LogP) is 3.24. The van der Waals surface area contributed by atoms with Gasteiger partial charge >= 0.3 is 0 Å². The van der Waals surface area contributed by atoms with Gasteiger partial charge in [0.25, 0.3) is 11.8 Å². The van der Waals surface area contributed by atoms with E-state index >= 15 is 0 Å². The van der Waals surface area contributed by atoms with Gasteiger partial charge in [0.1, 0.15) is 5.82 Å². The minimum absolute atomic E-state index is 0.256. The second-order valence-electron chi connectivity index (χ2n) is 4.91. The molecule has 0 aliphatic carbocycles. The van der Waals surface area contributed by atoms with E-state index in [1.54, 1.807) is 18.2 Å². The summed E-state index contributed by atoms with van der Waals surface area (Å²) in [6, 6.07) is 8.90. The van der Waals surface area contributed by atoms with Crippen LogP contribution in [0.1, 0.15) is 31.8 Å². The van der Waals surface area contributed by atoms with Gasteiger partial charge in [-0.2, -0.15) is 0 Å². The Morgan fingerprint density at radius 1 is 0.900 bits per heavy atom. The van der Waals surface area contributed by atoms with Crippen molar-refractivity contribution < 1.29 is 14.0 Å². The number of amides is 2. The highest BCUT2D eigenvalue weighted by Crippen LogP contribution is 2.30. The lowest BCUT2D eigenvalue weighted by molar-refractivity contribution is 0.0926. The van der Waals surface area contributed by atoms with Crippen LogP contribution in [0.25, 0.3) is 0 Å². The van der Waals surface area contributed by atoms with E-state index < -0.39 is 17.6 Å². The Bertz CT molecular complexity index is 711. The van der Waals surface area contributed by atoms with Crippen molar-refractivity contribution >= 4 is 17.5 Å². The summed E-state index contributed by atoms with van der Waals surface area (Å²) >= 11 is 0. The molecule has 3 rings (SSSR count). The van der Waals surface area contributed by atoms with Gasteiger partial charge in [0, 0.05) is 0 Å². The van der Waals surface area contributed by atoms with Gasteiger partial charge in [0.15, 0.2) is 0 Å². The van der Waals surface area contributed by atoms with Crippen LogP contribution in [-0.4, -0.2) is 11.8 Å². The molecule has 0 atom stereocenters. The molecule has 1 heterocycles. The van der Waals surface area contributed by atoms with Crippen LogP contribution in [0.4, 0.5) is 10.1 Å². The zero-order chi connectivity index (χ0) is 14.4. The number of hydrogen-bond acceptors (Lipinski definition) is 2. The fourth-order valence-electron chi connectivity index (χ4n) is 2.35. The average Bonchev–Trinajstić information content (AvgIpc) is 2.63. The number of imide groups is 1. The van der Waals surface area contributed by atoms with Crippen LogP contribution in [0, 0.1) is 19.7 Å². The van der Waals surface area contributed by atoms with Crippen LogP contribution < -0.4 is 4.90 Å². The van der Waals surface area contributed by atoms with Crippen molar-refractivity contribution in [1.29, 1.82) is 0 Å². The molecule has 1 aliphatic heterocycles. The van der Waals surface area contributed by atoms with Crippen molar-refractivity contribution in [3.05, 3.63) is 64.5 Å². The lowest BCUT2D eigenvalue weighted by Gasteiger charge is -2.13. The van der Waals surface area contributed by atoms with E-state index in [0.717, 1.165) is 16.0 Å². The highest BCUT2D eigenvalue weighted by atomic mass is 19.1. The molecule has 0 spiro atoms. The zero-order valence-electron chi connectivity index (χ0n) is 11.1. The number of nitrogens with zero attached hydrogens (tertiary/aromatic N) is 1. The minimum atomic E-state index is -0.480. The van der Waals surface area contributed by atoms with E-state index in [-0.39, 0.29) is 5.69 Å². The Morgan fingerprint density at radius 3 is 1.95 bits per heavy atom. The first-order chi connectivity index (χ1) is 9.49. The Balaban J connectivity index is 2.14. The molecule has 2 amide bonds. The lowest BCUT2D eigenvalue weighted by Crippen LogP contribution is -2.29. The number of anilines is 1. The lowest BCUT2D eigenvalue weighted by atomic mass is 10.0. The molecule has 0 saturated heterocycles. The van der Waals surface area contributed by atoms with E-state index in [9.17, 15) is 14.0 Å². The van der Waals surface area contributed by atoms with Crippen molar-refractivity contribution in [1.82, 2.24) is 0 Å². The first-order valence-corrected chi connectivity index (χ1v) is 6.24. The molecular formula is C16H12FNO2. The Kier molecular flexibility index (Phi) is 2.67. The summed E-state index contributed by atoms with van der Waals surface area (Å²) in [5.41, 5.74) is 2.91. The van der Waals surface area contributed by atoms with E-state index in [1.165, 1.54) is 18.2 Å². The summed E-state index contributed by atoms with van der Waals surface area (Å²) < 4.78 is 13.3. The second kappa shape index (κ2) is 4.27. The van der Waals surface area contributed by atoms with Gasteiger partial charge in [-0.1, -0.05) is 6.07 Å². The van der Waals surface area contributed by atoms with Crippen LogP contribution in [0.5, 0.6) is 0 Å². The molecule has 0 unspecified atom stereocenters. The maximum absolute atomic E-state index is 13.3. The highest BCUT2D eigenvalue weighted by molar-refractivity contribution is 6.34. The van der Waals surface area contributed by atoms with Crippen molar-refractivity contribution in [3.63, 3.8) is 0 Å². The summed E-state index contributed by atoms with van der Waals surface area (Å²) in [7, 11) is 0. The Morgan fingerprint density at radius 2 is 1.45 bits per heavy atom. The third kappa shape index (κ3) is 1.72. The first-order valence-electron chi connectivity index (χ1n) is 6.24. The normalized spacial score (nSPS) is 13.8. The first kappa shape index (κ1) is 12.5. The van der Waals surface area contributed by atoms with Crippen LogP contribution in [0.2, 0.25) is 0 Å². The summed E-state index contributed by atoms with van der Waals surface area (Å²) in [6.45, 7) is 3.77. The van der Waals surface area contributed by atoms with Crippen molar-refractivity contribution in [2.24, 2.45) is 0 Å². The van der Waals surface area contributed by atoms with Crippen molar-refractivity contribution in [2.75, 3.05) is 4.90 Å². The SMILES string of the molecule is Cc1cc2c(cc1C)C(=O)N(c1cccc(F)c1)C2=O. The van der Waals surface area contributed by atoms with Gasteiger partial charge in [-0.25, -0.2) is 9.29 Å². The second-order valence-corrected chi connectivity index (χ2v) is 4.91. The predicted molar refractivity (Wildman–Crippen MR) is 73.5 cm³/mol. The van der Waals surface area contributed by atoms with Crippen LogP contribution in [0.15, 0.2) is 36.4 Å². The fourth-order valence-corrected chi connectivity index (χ4v) is 2.35. The van der Waals surface area contributed by atoms with E-state index in [4.69, 9.17) is 0 Å². The molecule has 1 aliphatic rings. The van der Waals surface area contributed by atoms with E-state index in [1.807, 2.05) is 13.8 Å². The molecule has 0 aromatic heterocycles. The molecule has 0 radical (unpaired) electrons. The topological polar surface area (TPSA) is 37.4 Å². The van der Waals surface area contributed by atoms with Gasteiger partial charge in [-0.05, 0) is 55.3 Å². The smallest absolute Gasteiger partial charge is 0.266 e. The molecular weight excluding hydrogens is 257 g/mol. The van der Waals surface area contributed by atoms with Gasteiger partial charge in [0.2, 0.25) is 0 Å². The van der Waals surface area contributed by atoms with Gasteiger partial charge in [-0.3, -0.25) is 9.59 Å². The molecule has 2 aromatic rings. The number of benzene rings is 2. The highest BCUT2D eigenvalue weighted by Gasteiger charge is 2.37. The number of fused-ring (bicyclic) bond motifs is 1. The number of rotatable bonds is 1. The Hall–Kier alpha value is -2.49. The maximum Gasteiger partial charge on any atom is 0.266 e. The van der Waals surface area contributed by atoms with E-state index in [2.05, 4.69) is 0 Å². The summed E-state index contributed by atoms with van der Waals surface area (Å²) in [5.74, 6) is -1.29. The number of hydrogen-bond donors (Lipinski definition) is 0. The quantitative estimate of drug-likeness (QED) is 0.745. The molecule has 0 saturated carbocycles. The average molecular weight is 269 g/mol. The molecule has 2 aromatic carbocycles. The molecule has 0 fully saturated rings.